The molecule has 62 heavy (non-hydrogen) atoms. The van der Waals surface area contributed by atoms with Crippen LogP contribution in [0, 0.1) is 0 Å². The van der Waals surface area contributed by atoms with Crippen LogP contribution in [0.25, 0.3) is 21.5 Å². The lowest BCUT2D eigenvalue weighted by Gasteiger charge is -2.39. The largest absolute Gasteiger partial charge is 0.393 e. The van der Waals surface area contributed by atoms with Crippen LogP contribution in [0.4, 0.5) is 9.59 Å². The number of piperidine rings is 4. The molecular weight excluding hydrogens is 829 g/mol. The van der Waals surface area contributed by atoms with Crippen LogP contribution in [-0.2, 0) is 20.0 Å². The molecule has 0 aliphatic carbocycles. The van der Waals surface area contributed by atoms with E-state index in [9.17, 15) is 36.6 Å². The van der Waals surface area contributed by atoms with Gasteiger partial charge in [0.15, 0.2) is 0 Å². The van der Waals surface area contributed by atoms with Crippen molar-refractivity contribution in [1.29, 1.82) is 0 Å². The first kappa shape index (κ1) is 43.0. The number of rotatable bonds is 6. The first-order chi connectivity index (χ1) is 29.9. The quantitative estimate of drug-likeness (QED) is 0.199. The lowest BCUT2D eigenvalue weighted by atomic mass is 10.0. The molecule has 6 fully saturated rings. The van der Waals surface area contributed by atoms with Crippen molar-refractivity contribution in [3.05, 3.63) is 84.9 Å². The van der Waals surface area contributed by atoms with Gasteiger partial charge in [-0.25, -0.2) is 26.4 Å². The second kappa shape index (κ2) is 17.7. The number of aliphatic hydroxyl groups excluding tert-OH is 2. The Hall–Kier alpha value is -4.32. The first-order valence-corrected chi connectivity index (χ1v) is 25.2. The zero-order valence-corrected chi connectivity index (χ0v) is 36.6. The number of carbonyl (C=O) groups excluding carboxylic acids is 2. The predicted octanol–water partition coefficient (Wildman–Crippen LogP) is 5.38. The van der Waals surface area contributed by atoms with Crippen molar-refractivity contribution < 1.29 is 36.6 Å². The van der Waals surface area contributed by atoms with E-state index in [-0.39, 0.29) is 73.6 Å². The molecule has 6 aliphatic heterocycles. The summed E-state index contributed by atoms with van der Waals surface area (Å²) in [5, 5.41) is 29.4. The number of hydrogen-bond acceptors (Lipinski definition) is 8. The van der Waals surface area contributed by atoms with E-state index >= 15 is 0 Å². The maximum absolute atomic E-state index is 13.5. The van der Waals surface area contributed by atoms with Crippen molar-refractivity contribution in [3.63, 3.8) is 0 Å². The molecule has 4 N–H and O–H groups in total. The minimum absolute atomic E-state index is 0.0906. The number of hydrogen-bond donors (Lipinski definition) is 4. The highest BCUT2D eigenvalue weighted by molar-refractivity contribution is 7.89. The standard InChI is InChI=1S/2C23H29N3O4S/c2*27-20-13-18-10-11-19(14-20)26(18)23(28)24-17-7-4-12-25(15-17)31(29,30)22-9-3-6-16-5-1-2-8-21(16)22/h2*1-3,5-6,8-9,17-20,27H,4,7,10-15H2,(H,24,28)/t2*17-,18?,19?,20?/m00/s1. The number of amides is 4. The summed E-state index contributed by atoms with van der Waals surface area (Å²) in [6.45, 7) is 1.48. The fourth-order valence-corrected chi connectivity index (χ4v) is 14.6. The Kier molecular flexibility index (Phi) is 12.3. The van der Waals surface area contributed by atoms with Crippen LogP contribution >= 0.6 is 0 Å². The third-order valence-corrected chi connectivity index (χ3v) is 17.9. The van der Waals surface area contributed by atoms with Gasteiger partial charge in [0.1, 0.15) is 0 Å². The van der Waals surface area contributed by atoms with E-state index in [1.165, 1.54) is 8.61 Å². The summed E-state index contributed by atoms with van der Waals surface area (Å²) in [5.74, 6) is 0. The second-order valence-electron chi connectivity index (χ2n) is 18.1. The van der Waals surface area contributed by atoms with Gasteiger partial charge in [0.05, 0.1) is 22.0 Å². The minimum Gasteiger partial charge on any atom is -0.393 e. The van der Waals surface area contributed by atoms with Crippen molar-refractivity contribution in [2.75, 3.05) is 26.2 Å². The summed E-state index contributed by atoms with van der Waals surface area (Å²) in [7, 11) is -7.33. The Bertz CT molecular complexity index is 2310. The molecule has 0 radical (unpaired) electrons. The van der Waals surface area contributed by atoms with Gasteiger partial charge >= 0.3 is 12.1 Å². The molecular formula is C46H58N6O8S2. The third kappa shape index (κ3) is 8.53. The van der Waals surface area contributed by atoms with Crippen LogP contribution < -0.4 is 10.6 Å². The van der Waals surface area contributed by atoms with Gasteiger partial charge < -0.3 is 30.6 Å². The van der Waals surface area contributed by atoms with Gasteiger partial charge in [0, 0.05) is 73.2 Å². The fourth-order valence-electron chi connectivity index (χ4n) is 11.1. The Labute approximate surface area is 364 Å². The minimum atomic E-state index is -3.66. The van der Waals surface area contributed by atoms with E-state index in [2.05, 4.69) is 10.6 Å². The summed E-state index contributed by atoms with van der Waals surface area (Å²) in [6.07, 6.45) is 8.57. The van der Waals surface area contributed by atoms with Crippen LogP contribution in [0.3, 0.4) is 0 Å². The Morgan fingerprint density at radius 1 is 0.500 bits per heavy atom. The zero-order valence-electron chi connectivity index (χ0n) is 35.0. The second-order valence-corrected chi connectivity index (χ2v) is 21.9. The average molecular weight is 887 g/mol. The normalized spacial score (nSPS) is 29.3. The van der Waals surface area contributed by atoms with Crippen molar-refractivity contribution in [2.45, 2.75) is 135 Å². The summed E-state index contributed by atoms with van der Waals surface area (Å²) in [6, 6.07) is 25.4. The molecule has 6 saturated heterocycles. The van der Waals surface area contributed by atoms with Gasteiger partial charge in [-0.2, -0.15) is 8.61 Å². The summed E-state index contributed by atoms with van der Waals surface area (Å²) in [4.78, 5) is 30.4. The SMILES string of the molecule is O=C(N[C@H]1CCCN(S(=O)(=O)c2cccc3ccccc23)C1)N1C2CCC1CC(O)C2.O=C(N[C@H]1CCCN(S(=O)(=O)c2cccc3ccccc23)C1)N1C2CCC1CC(O)C2. The van der Waals surface area contributed by atoms with Gasteiger partial charge in [-0.1, -0.05) is 72.8 Å². The number of aliphatic hydroxyl groups is 2. The highest BCUT2D eigenvalue weighted by atomic mass is 32.2. The van der Waals surface area contributed by atoms with Crippen LogP contribution in [0.15, 0.2) is 94.7 Å². The zero-order chi connectivity index (χ0) is 43.2. The molecule has 332 valence electrons. The third-order valence-electron chi connectivity index (χ3n) is 14.0. The monoisotopic (exact) mass is 886 g/mol. The number of urea groups is 2. The highest BCUT2D eigenvalue weighted by Gasteiger charge is 2.45. The van der Waals surface area contributed by atoms with Crippen LogP contribution in [0.5, 0.6) is 0 Å². The molecule has 10 rings (SSSR count). The maximum Gasteiger partial charge on any atom is 0.318 e. The smallest absolute Gasteiger partial charge is 0.318 e. The molecule has 0 saturated carbocycles. The average Bonchev–Trinajstić information content (AvgIpc) is 3.72. The lowest BCUT2D eigenvalue weighted by Crippen LogP contribution is -2.57. The predicted molar refractivity (Wildman–Crippen MR) is 236 cm³/mol. The van der Waals surface area contributed by atoms with Crippen LogP contribution in [-0.4, -0.2) is 132 Å². The molecule has 4 unspecified atom stereocenters. The lowest BCUT2D eigenvalue weighted by molar-refractivity contribution is 0.0520. The van der Waals surface area contributed by atoms with Crippen molar-refractivity contribution >= 4 is 53.7 Å². The highest BCUT2D eigenvalue weighted by Crippen LogP contribution is 2.38. The van der Waals surface area contributed by atoms with Gasteiger partial charge in [0.25, 0.3) is 0 Å². The maximum atomic E-state index is 13.5. The van der Waals surface area contributed by atoms with Crippen molar-refractivity contribution in [3.8, 4) is 0 Å². The summed E-state index contributed by atoms with van der Waals surface area (Å²) < 4.78 is 56.9. The van der Waals surface area contributed by atoms with Crippen LogP contribution in [0.1, 0.15) is 77.0 Å². The number of fused-ring (bicyclic) bond motifs is 6. The fraction of sp³-hybridized carbons (Fsp3) is 0.522. The molecule has 4 aromatic carbocycles. The number of carbonyl (C=O) groups is 2. The molecule has 6 heterocycles. The molecule has 4 bridgehead atoms. The molecule has 0 aromatic heterocycles. The van der Waals surface area contributed by atoms with E-state index in [0.717, 1.165) is 60.1 Å². The number of benzene rings is 4. The molecule has 4 amide bonds. The first-order valence-electron chi connectivity index (χ1n) is 22.4. The number of sulfonamides is 2. The summed E-state index contributed by atoms with van der Waals surface area (Å²) >= 11 is 0. The molecule has 6 aliphatic rings. The van der Waals surface area contributed by atoms with E-state index in [4.69, 9.17) is 0 Å². The van der Waals surface area contributed by atoms with Gasteiger partial charge in [-0.3, -0.25) is 0 Å². The van der Waals surface area contributed by atoms with Gasteiger partial charge in [-0.15, -0.1) is 0 Å². The van der Waals surface area contributed by atoms with Crippen molar-refractivity contribution in [2.24, 2.45) is 0 Å². The molecule has 16 heteroatoms. The molecule has 14 nitrogen and oxygen atoms in total. The van der Waals surface area contributed by atoms with E-state index in [0.29, 0.717) is 61.4 Å². The topological polar surface area (TPSA) is 180 Å². The Balaban J connectivity index is 0.000000158. The Morgan fingerprint density at radius 2 is 0.855 bits per heavy atom. The number of nitrogens with zero attached hydrogens (tertiary/aromatic N) is 4. The van der Waals surface area contributed by atoms with Gasteiger partial charge in [-0.05, 0) is 100.0 Å². The molecule has 6 atom stereocenters. The van der Waals surface area contributed by atoms with Gasteiger partial charge in [0.2, 0.25) is 20.0 Å². The van der Waals surface area contributed by atoms with Crippen molar-refractivity contribution in [1.82, 2.24) is 29.0 Å². The number of nitrogens with one attached hydrogen (secondary N) is 2. The molecule has 4 aromatic rings. The van der Waals surface area contributed by atoms with E-state index in [1.807, 2.05) is 70.5 Å². The summed E-state index contributed by atoms with van der Waals surface area (Å²) in [5.41, 5.74) is 0. The molecule has 0 spiro atoms. The van der Waals surface area contributed by atoms with Crippen LogP contribution in [0.2, 0.25) is 0 Å². The van der Waals surface area contributed by atoms with E-state index in [1.54, 1.807) is 24.3 Å². The Morgan fingerprint density at radius 3 is 1.24 bits per heavy atom. The van der Waals surface area contributed by atoms with E-state index < -0.39 is 20.0 Å².